The minimum atomic E-state index is -1.72. The molecule has 32 heavy (non-hydrogen) atoms. The molecule has 1 aliphatic heterocycles. The van der Waals surface area contributed by atoms with Crippen LogP contribution in [0.2, 0.25) is 10.0 Å². The molecule has 1 aromatic heterocycles. The Balaban J connectivity index is 1.64. The number of hydrogen-bond acceptors (Lipinski definition) is 8. The molecule has 4 N–H and O–H groups in total. The summed E-state index contributed by atoms with van der Waals surface area (Å²) in [6, 6.07) is 12.1. The number of halogens is 2. The van der Waals surface area contributed by atoms with Crippen LogP contribution in [0.1, 0.15) is 16.1 Å². The van der Waals surface area contributed by atoms with Crippen molar-refractivity contribution in [2.24, 2.45) is 0 Å². The van der Waals surface area contributed by atoms with Gasteiger partial charge in [0.05, 0.1) is 18.7 Å². The van der Waals surface area contributed by atoms with E-state index in [1.807, 2.05) is 0 Å². The minimum absolute atomic E-state index is 0.0549. The Labute approximate surface area is 192 Å². The van der Waals surface area contributed by atoms with E-state index >= 15 is 0 Å². The lowest BCUT2D eigenvalue weighted by Gasteiger charge is -2.38. The number of nitrogens with zero attached hydrogens (tertiary/aromatic N) is 2. The quantitative estimate of drug-likeness (QED) is 0.400. The first kappa shape index (κ1) is 22.9. The number of carbonyl (C=O) groups excluding carboxylic acids is 1. The molecule has 9 nitrogen and oxygen atoms in total. The number of esters is 1. The third-order valence-electron chi connectivity index (χ3n) is 5.29. The molecule has 0 radical (unpaired) electrons. The average Bonchev–Trinajstić information content (AvgIpc) is 3.15. The van der Waals surface area contributed by atoms with E-state index in [4.69, 9.17) is 32.7 Å². The van der Waals surface area contributed by atoms with E-state index in [1.165, 1.54) is 0 Å². The van der Waals surface area contributed by atoms with E-state index < -0.39 is 43.3 Å². The Bertz CT molecular complexity index is 1120. The first-order valence-corrected chi connectivity index (χ1v) is 10.5. The summed E-state index contributed by atoms with van der Waals surface area (Å²) in [6.07, 6.45) is -7.77. The van der Waals surface area contributed by atoms with Crippen molar-refractivity contribution in [1.82, 2.24) is 9.78 Å². The van der Waals surface area contributed by atoms with Gasteiger partial charge in [-0.25, -0.2) is 4.79 Å². The van der Waals surface area contributed by atoms with Gasteiger partial charge in [0.15, 0.2) is 5.69 Å². The number of hydrogen-bond donors (Lipinski definition) is 4. The predicted molar refractivity (Wildman–Crippen MR) is 114 cm³/mol. The molecular formula is C21H20Cl2N2O7. The Morgan fingerprint density at radius 2 is 1.72 bits per heavy atom. The molecule has 3 aromatic rings. The first-order valence-electron chi connectivity index (χ1n) is 9.71. The third-order valence-corrected chi connectivity index (χ3v) is 6.00. The van der Waals surface area contributed by atoms with Crippen molar-refractivity contribution in [3.8, 4) is 0 Å². The van der Waals surface area contributed by atoms with Crippen molar-refractivity contribution in [3.63, 3.8) is 0 Å². The number of aliphatic hydroxyl groups excluding tert-OH is 4. The molecule has 0 amide bonds. The summed E-state index contributed by atoms with van der Waals surface area (Å²) in [5.41, 5.74) is 1.18. The van der Waals surface area contributed by atoms with Gasteiger partial charge in [-0.3, -0.25) is 4.68 Å². The fourth-order valence-corrected chi connectivity index (χ4v) is 4.07. The van der Waals surface area contributed by atoms with Gasteiger partial charge in [-0.2, -0.15) is 5.10 Å². The van der Waals surface area contributed by atoms with Crippen molar-refractivity contribution in [2.75, 3.05) is 6.61 Å². The third kappa shape index (κ3) is 4.20. The van der Waals surface area contributed by atoms with Crippen molar-refractivity contribution in [2.45, 2.75) is 37.3 Å². The molecule has 1 fully saturated rings. The zero-order chi connectivity index (χ0) is 23.0. The normalized spacial score (nSPS) is 25.8. The Morgan fingerprint density at radius 1 is 1.03 bits per heavy atom. The highest BCUT2D eigenvalue weighted by Crippen LogP contribution is 2.28. The second-order valence-corrected chi connectivity index (χ2v) is 8.14. The van der Waals surface area contributed by atoms with Crippen LogP contribution in [-0.2, 0) is 16.0 Å². The van der Waals surface area contributed by atoms with Crippen LogP contribution in [0, 0.1) is 0 Å². The minimum Gasteiger partial charge on any atom is -0.428 e. The molecule has 0 saturated carbocycles. The van der Waals surface area contributed by atoms with E-state index in [9.17, 15) is 25.2 Å². The molecule has 0 spiro atoms. The highest BCUT2D eigenvalue weighted by molar-refractivity contribution is 6.36. The average molecular weight is 483 g/mol. The fourth-order valence-electron chi connectivity index (χ4n) is 3.56. The maximum Gasteiger partial charge on any atom is 0.361 e. The van der Waals surface area contributed by atoms with E-state index in [0.717, 1.165) is 0 Å². The Kier molecular flexibility index (Phi) is 6.68. The molecule has 0 bridgehead atoms. The lowest BCUT2D eigenvalue weighted by atomic mass is 9.99. The molecule has 5 unspecified atom stereocenters. The zero-order valence-corrected chi connectivity index (χ0v) is 18.0. The largest absolute Gasteiger partial charge is 0.428 e. The number of carbonyl (C=O) groups is 1. The van der Waals surface area contributed by atoms with E-state index in [2.05, 4.69) is 5.10 Å². The summed E-state index contributed by atoms with van der Waals surface area (Å²) in [7, 11) is 0. The summed E-state index contributed by atoms with van der Waals surface area (Å²) in [5.74, 6) is -0.922. The standard InChI is InChI=1S/C21H20Cl2N2O7/c22-12-5-3-6-13(23)11(12)8-25-14-7-2-1-4-10(14)16(24-25)20(30)32-21-19(29)18(28)17(27)15(9-26)31-21/h1-7,15,17-19,21,26-29H,8-9H2. The van der Waals surface area contributed by atoms with Gasteiger partial charge in [-0.05, 0) is 18.2 Å². The van der Waals surface area contributed by atoms with Crippen molar-refractivity contribution >= 4 is 40.1 Å². The van der Waals surface area contributed by atoms with Crippen LogP contribution in [-0.4, -0.2) is 73.5 Å². The molecule has 11 heteroatoms. The van der Waals surface area contributed by atoms with Gasteiger partial charge in [-0.15, -0.1) is 0 Å². The molecular weight excluding hydrogens is 463 g/mol. The lowest BCUT2D eigenvalue weighted by molar-refractivity contribution is -0.285. The topological polar surface area (TPSA) is 134 Å². The van der Waals surface area contributed by atoms with Crippen LogP contribution in [0.3, 0.4) is 0 Å². The SMILES string of the molecule is O=C(OC1OC(CO)C(O)C(O)C1O)c1nn(Cc2c(Cl)cccc2Cl)c2ccccc12. The first-order chi connectivity index (χ1) is 15.3. The maximum atomic E-state index is 12.9. The predicted octanol–water partition coefficient (Wildman–Crippen LogP) is 1.35. The molecule has 4 rings (SSSR count). The lowest BCUT2D eigenvalue weighted by Crippen LogP contribution is -2.59. The molecule has 0 aliphatic carbocycles. The van der Waals surface area contributed by atoms with E-state index in [-0.39, 0.29) is 12.2 Å². The van der Waals surface area contributed by atoms with Crippen LogP contribution in [0.15, 0.2) is 42.5 Å². The van der Waals surface area contributed by atoms with E-state index in [0.29, 0.717) is 26.5 Å². The fraction of sp³-hybridized carbons (Fsp3) is 0.333. The van der Waals surface area contributed by atoms with Crippen molar-refractivity contribution in [3.05, 3.63) is 63.8 Å². The number of rotatable bonds is 5. The van der Waals surface area contributed by atoms with Crippen LogP contribution >= 0.6 is 23.2 Å². The van der Waals surface area contributed by atoms with Crippen molar-refractivity contribution in [1.29, 1.82) is 0 Å². The van der Waals surface area contributed by atoms with Gasteiger partial charge in [-0.1, -0.05) is 47.5 Å². The summed E-state index contributed by atoms with van der Waals surface area (Å²) in [6.45, 7) is -0.457. The van der Waals surface area contributed by atoms with Crippen LogP contribution < -0.4 is 0 Å². The Morgan fingerprint density at radius 3 is 2.41 bits per heavy atom. The van der Waals surface area contributed by atoms with Gasteiger partial charge in [0.25, 0.3) is 0 Å². The van der Waals surface area contributed by atoms with Gasteiger partial charge >= 0.3 is 5.97 Å². The number of fused-ring (bicyclic) bond motifs is 1. The molecule has 2 aromatic carbocycles. The highest BCUT2D eigenvalue weighted by atomic mass is 35.5. The van der Waals surface area contributed by atoms with Gasteiger partial charge < -0.3 is 29.9 Å². The van der Waals surface area contributed by atoms with Crippen LogP contribution in [0.4, 0.5) is 0 Å². The van der Waals surface area contributed by atoms with Crippen molar-refractivity contribution < 1.29 is 34.7 Å². The van der Waals surface area contributed by atoms with Gasteiger partial charge in [0.1, 0.15) is 24.4 Å². The molecule has 170 valence electrons. The second-order valence-electron chi connectivity index (χ2n) is 7.33. The molecule has 2 heterocycles. The molecule has 1 saturated heterocycles. The monoisotopic (exact) mass is 482 g/mol. The van der Waals surface area contributed by atoms with Gasteiger partial charge in [0, 0.05) is 21.0 Å². The second kappa shape index (κ2) is 9.32. The molecule has 5 atom stereocenters. The number of aliphatic hydroxyl groups is 4. The number of aromatic nitrogens is 2. The van der Waals surface area contributed by atoms with Crippen LogP contribution in [0.25, 0.3) is 10.9 Å². The Hall–Kier alpha value is -2.24. The molecule has 1 aliphatic rings. The summed E-state index contributed by atoms with van der Waals surface area (Å²) in [5, 5.41) is 45.0. The zero-order valence-electron chi connectivity index (χ0n) is 16.5. The summed E-state index contributed by atoms with van der Waals surface area (Å²) < 4.78 is 12.0. The number of benzene rings is 2. The number of ether oxygens (including phenoxy) is 2. The smallest absolute Gasteiger partial charge is 0.361 e. The number of para-hydroxylation sites is 1. The summed E-state index contributed by atoms with van der Waals surface area (Å²) >= 11 is 12.5. The van der Waals surface area contributed by atoms with E-state index in [1.54, 1.807) is 47.1 Å². The van der Waals surface area contributed by atoms with Crippen LogP contribution in [0.5, 0.6) is 0 Å². The maximum absolute atomic E-state index is 12.9. The summed E-state index contributed by atoms with van der Waals surface area (Å²) in [4.78, 5) is 12.9. The van der Waals surface area contributed by atoms with Gasteiger partial charge in [0.2, 0.25) is 6.29 Å². The highest BCUT2D eigenvalue weighted by Gasteiger charge is 2.45.